The SMILES string of the molecule is COc1ccc(NC(=O)C(CC(F)(F)F)NC(=O)OC(C)(C)C)c(C(=O)c2ccc(Cl)cc2)c1. The normalized spacial score (nSPS) is 12.5. The number of anilines is 1. The molecule has 0 heterocycles. The molecule has 0 saturated carbocycles. The number of rotatable bonds is 7. The quantitative estimate of drug-likeness (QED) is 0.499. The largest absolute Gasteiger partial charge is 0.497 e. The Balaban J connectivity index is 2.35. The molecule has 0 aromatic heterocycles. The molecular formula is C23H24ClF3N2O5. The van der Waals surface area contributed by atoms with Crippen LogP contribution in [0, 0.1) is 0 Å². The number of carbonyl (C=O) groups is 3. The van der Waals surface area contributed by atoms with Crippen LogP contribution in [-0.4, -0.2) is 42.7 Å². The summed E-state index contributed by atoms with van der Waals surface area (Å²) in [6.45, 7) is 4.58. The molecule has 2 amide bonds. The number of ether oxygens (including phenoxy) is 2. The van der Waals surface area contributed by atoms with Crippen molar-refractivity contribution in [2.24, 2.45) is 0 Å². The number of hydrogen-bond acceptors (Lipinski definition) is 5. The van der Waals surface area contributed by atoms with Gasteiger partial charge in [-0.05, 0) is 63.2 Å². The number of carbonyl (C=O) groups excluding carboxylic acids is 3. The van der Waals surface area contributed by atoms with Crippen molar-refractivity contribution in [3.8, 4) is 5.75 Å². The van der Waals surface area contributed by atoms with E-state index < -0.39 is 42.0 Å². The Hall–Kier alpha value is -3.27. The van der Waals surface area contributed by atoms with Gasteiger partial charge in [0.05, 0.1) is 19.2 Å². The van der Waals surface area contributed by atoms with Gasteiger partial charge in [-0.15, -0.1) is 0 Å². The Labute approximate surface area is 199 Å². The molecular weight excluding hydrogens is 477 g/mol. The van der Waals surface area contributed by atoms with Crippen molar-refractivity contribution >= 4 is 35.1 Å². The summed E-state index contributed by atoms with van der Waals surface area (Å²) < 4.78 is 49.4. The van der Waals surface area contributed by atoms with Crippen molar-refractivity contribution in [3.05, 3.63) is 58.6 Å². The number of nitrogens with one attached hydrogen (secondary N) is 2. The van der Waals surface area contributed by atoms with Crippen LogP contribution in [0.5, 0.6) is 5.75 Å². The molecule has 0 radical (unpaired) electrons. The first-order valence-electron chi connectivity index (χ1n) is 10.0. The van der Waals surface area contributed by atoms with E-state index in [1.165, 1.54) is 70.3 Å². The van der Waals surface area contributed by atoms with Crippen molar-refractivity contribution in [2.45, 2.75) is 45.0 Å². The summed E-state index contributed by atoms with van der Waals surface area (Å²) in [6.07, 6.45) is -7.60. The van der Waals surface area contributed by atoms with Crippen LogP contribution in [0.15, 0.2) is 42.5 Å². The van der Waals surface area contributed by atoms with Crippen LogP contribution in [-0.2, 0) is 9.53 Å². The number of amides is 2. The molecule has 0 aliphatic rings. The Bertz CT molecular complexity index is 1050. The first-order chi connectivity index (χ1) is 15.7. The highest BCUT2D eigenvalue weighted by Gasteiger charge is 2.37. The van der Waals surface area contributed by atoms with E-state index in [2.05, 4.69) is 5.32 Å². The topological polar surface area (TPSA) is 93.7 Å². The van der Waals surface area contributed by atoms with Crippen LogP contribution in [0.4, 0.5) is 23.7 Å². The number of halogens is 4. The average molecular weight is 501 g/mol. The predicted octanol–water partition coefficient (Wildman–Crippen LogP) is 5.36. The van der Waals surface area contributed by atoms with Gasteiger partial charge in [-0.1, -0.05) is 11.6 Å². The molecule has 1 unspecified atom stereocenters. The van der Waals surface area contributed by atoms with E-state index in [4.69, 9.17) is 21.1 Å². The summed E-state index contributed by atoms with van der Waals surface area (Å²) >= 11 is 5.85. The van der Waals surface area contributed by atoms with Crippen molar-refractivity contribution in [3.63, 3.8) is 0 Å². The van der Waals surface area contributed by atoms with E-state index in [0.29, 0.717) is 5.02 Å². The van der Waals surface area contributed by atoms with E-state index in [1.807, 2.05) is 5.32 Å². The lowest BCUT2D eigenvalue weighted by molar-refractivity contribution is -0.147. The first kappa shape index (κ1) is 27.0. The highest BCUT2D eigenvalue weighted by atomic mass is 35.5. The van der Waals surface area contributed by atoms with E-state index in [-0.39, 0.29) is 22.6 Å². The van der Waals surface area contributed by atoms with Gasteiger partial charge in [0.2, 0.25) is 5.91 Å². The smallest absolute Gasteiger partial charge is 0.408 e. The third kappa shape index (κ3) is 8.26. The zero-order valence-corrected chi connectivity index (χ0v) is 19.6. The molecule has 7 nitrogen and oxygen atoms in total. The van der Waals surface area contributed by atoms with Crippen LogP contribution in [0.3, 0.4) is 0 Å². The van der Waals surface area contributed by atoms with Gasteiger partial charge in [0.1, 0.15) is 17.4 Å². The fourth-order valence-electron chi connectivity index (χ4n) is 2.81. The van der Waals surface area contributed by atoms with Gasteiger partial charge in [0, 0.05) is 16.1 Å². The Morgan fingerprint density at radius 1 is 1.03 bits per heavy atom. The molecule has 34 heavy (non-hydrogen) atoms. The molecule has 0 aliphatic heterocycles. The zero-order chi connectivity index (χ0) is 25.7. The fourth-order valence-corrected chi connectivity index (χ4v) is 2.94. The average Bonchev–Trinajstić information content (AvgIpc) is 2.71. The molecule has 0 fully saturated rings. The molecule has 11 heteroatoms. The summed E-state index contributed by atoms with van der Waals surface area (Å²) in [5.74, 6) is -1.43. The van der Waals surface area contributed by atoms with Gasteiger partial charge in [-0.25, -0.2) is 4.79 Å². The van der Waals surface area contributed by atoms with Gasteiger partial charge in [0.15, 0.2) is 5.78 Å². The maximum absolute atomic E-state index is 13.1. The summed E-state index contributed by atoms with van der Waals surface area (Å²) in [6, 6.07) is 8.00. The van der Waals surface area contributed by atoms with E-state index >= 15 is 0 Å². The minimum Gasteiger partial charge on any atom is -0.497 e. The van der Waals surface area contributed by atoms with Gasteiger partial charge in [0.25, 0.3) is 0 Å². The Kier molecular flexibility index (Phi) is 8.55. The van der Waals surface area contributed by atoms with Crippen LogP contribution in [0.1, 0.15) is 43.1 Å². The van der Waals surface area contributed by atoms with Gasteiger partial charge in [-0.2, -0.15) is 13.2 Å². The van der Waals surface area contributed by atoms with Crippen molar-refractivity contribution < 1.29 is 37.0 Å². The third-order valence-electron chi connectivity index (χ3n) is 4.28. The number of benzene rings is 2. The maximum Gasteiger partial charge on any atom is 0.408 e. The minimum absolute atomic E-state index is 0.0296. The highest BCUT2D eigenvalue weighted by molar-refractivity contribution is 6.30. The lowest BCUT2D eigenvalue weighted by Gasteiger charge is -2.24. The lowest BCUT2D eigenvalue weighted by atomic mass is 10.0. The minimum atomic E-state index is -4.76. The molecule has 2 aromatic rings. The number of methoxy groups -OCH3 is 1. The highest BCUT2D eigenvalue weighted by Crippen LogP contribution is 2.27. The lowest BCUT2D eigenvalue weighted by Crippen LogP contribution is -2.48. The number of ketones is 1. The van der Waals surface area contributed by atoms with Crippen LogP contribution < -0.4 is 15.4 Å². The van der Waals surface area contributed by atoms with Crippen molar-refractivity contribution in [1.82, 2.24) is 5.32 Å². The second-order valence-electron chi connectivity index (χ2n) is 8.25. The van der Waals surface area contributed by atoms with E-state index in [9.17, 15) is 27.6 Å². The molecule has 184 valence electrons. The fraction of sp³-hybridized carbons (Fsp3) is 0.348. The standard InChI is InChI=1S/C23H24ClF3N2O5/c1-22(2,3)34-21(32)29-18(12-23(25,26)27)20(31)28-17-10-9-15(33-4)11-16(17)19(30)13-5-7-14(24)8-6-13/h5-11,18H,12H2,1-4H3,(H,28,31)(H,29,32). The molecule has 2 N–H and O–H groups in total. The van der Waals surface area contributed by atoms with Crippen molar-refractivity contribution in [1.29, 1.82) is 0 Å². The molecule has 0 bridgehead atoms. The first-order valence-corrected chi connectivity index (χ1v) is 10.4. The summed E-state index contributed by atoms with van der Waals surface area (Å²) in [5, 5.41) is 4.65. The van der Waals surface area contributed by atoms with E-state index in [1.54, 1.807) is 0 Å². The van der Waals surface area contributed by atoms with Crippen molar-refractivity contribution in [2.75, 3.05) is 12.4 Å². The van der Waals surface area contributed by atoms with Crippen LogP contribution in [0.25, 0.3) is 0 Å². The second-order valence-corrected chi connectivity index (χ2v) is 8.69. The number of alkyl carbamates (subject to hydrolysis) is 1. The molecule has 0 aliphatic carbocycles. The third-order valence-corrected chi connectivity index (χ3v) is 4.53. The molecule has 2 rings (SSSR count). The maximum atomic E-state index is 13.1. The van der Waals surface area contributed by atoms with Crippen LogP contribution in [0.2, 0.25) is 5.02 Å². The molecule has 0 saturated heterocycles. The summed E-state index contributed by atoms with van der Waals surface area (Å²) in [7, 11) is 1.37. The monoisotopic (exact) mass is 500 g/mol. The van der Waals surface area contributed by atoms with E-state index in [0.717, 1.165) is 0 Å². The van der Waals surface area contributed by atoms with Crippen LogP contribution >= 0.6 is 11.6 Å². The van der Waals surface area contributed by atoms with Gasteiger partial charge in [-0.3, -0.25) is 9.59 Å². The molecule has 1 atom stereocenters. The predicted molar refractivity (Wildman–Crippen MR) is 120 cm³/mol. The Morgan fingerprint density at radius 3 is 2.18 bits per heavy atom. The Morgan fingerprint density at radius 2 is 1.65 bits per heavy atom. The number of alkyl halides is 3. The number of hydrogen-bond donors (Lipinski definition) is 2. The molecule has 2 aromatic carbocycles. The second kappa shape index (κ2) is 10.8. The summed E-state index contributed by atoms with van der Waals surface area (Å²) in [4.78, 5) is 37.8. The van der Waals surface area contributed by atoms with Gasteiger partial charge >= 0.3 is 12.3 Å². The molecule has 0 spiro atoms. The van der Waals surface area contributed by atoms with Gasteiger partial charge < -0.3 is 20.1 Å². The zero-order valence-electron chi connectivity index (χ0n) is 18.9. The summed E-state index contributed by atoms with van der Waals surface area (Å²) in [5.41, 5.74) is -0.855.